The van der Waals surface area contributed by atoms with Crippen LogP contribution in [0.2, 0.25) is 0 Å². The largest absolute Gasteiger partial charge is 0.469 e. The minimum absolute atomic E-state index is 0.0218. The van der Waals surface area contributed by atoms with Crippen molar-refractivity contribution in [2.24, 2.45) is 22.7 Å². The monoisotopic (exact) mass is 527 g/mol. The number of furan rings is 1. The Hall–Kier alpha value is -2.38. The zero-order valence-corrected chi connectivity index (χ0v) is 23.7. The molecule has 1 aromatic heterocycles. The van der Waals surface area contributed by atoms with E-state index >= 15 is 0 Å². The number of carbonyl (C=O) groups is 1. The zero-order chi connectivity index (χ0) is 27.0. The number of aryl methyl sites for hydroxylation is 2. The minimum atomic E-state index is -3.63. The second-order valence-electron chi connectivity index (χ2n) is 11.6. The Morgan fingerprint density at radius 2 is 1.89 bits per heavy atom. The van der Waals surface area contributed by atoms with E-state index < -0.39 is 15.4 Å². The van der Waals surface area contributed by atoms with Gasteiger partial charge >= 0.3 is 5.97 Å². The molecule has 2 aliphatic carbocycles. The SMILES string of the molecule is C=C1CCC2[C@](C)(CCC[C@@]2(C)C(=O)OC)C1CCc1ccoc1CN(C)S(=O)(=O)c1ccc(C)cc1. The predicted octanol–water partition coefficient (Wildman–Crippen LogP) is 6.29. The Kier molecular flexibility index (Phi) is 7.78. The van der Waals surface area contributed by atoms with Gasteiger partial charge < -0.3 is 9.15 Å². The van der Waals surface area contributed by atoms with Crippen molar-refractivity contribution in [3.05, 3.63) is 65.6 Å². The first-order chi connectivity index (χ1) is 17.4. The Morgan fingerprint density at radius 3 is 2.57 bits per heavy atom. The van der Waals surface area contributed by atoms with Crippen molar-refractivity contribution in [3.63, 3.8) is 0 Å². The number of hydrogen-bond acceptors (Lipinski definition) is 5. The molecule has 0 N–H and O–H groups in total. The van der Waals surface area contributed by atoms with Gasteiger partial charge in [-0.15, -0.1) is 0 Å². The highest BCUT2D eigenvalue weighted by atomic mass is 32.2. The quantitative estimate of drug-likeness (QED) is 0.298. The molecule has 4 atom stereocenters. The molecule has 4 rings (SSSR count). The van der Waals surface area contributed by atoms with E-state index in [0.29, 0.717) is 5.76 Å². The lowest BCUT2D eigenvalue weighted by Crippen LogP contribution is -2.53. The van der Waals surface area contributed by atoms with Crippen LogP contribution in [-0.2, 0) is 32.5 Å². The zero-order valence-electron chi connectivity index (χ0n) is 22.9. The fourth-order valence-corrected chi connectivity index (χ4v) is 8.29. The average molecular weight is 528 g/mol. The minimum Gasteiger partial charge on any atom is -0.469 e. The lowest BCUT2D eigenvalue weighted by molar-refractivity contribution is -0.168. The van der Waals surface area contributed by atoms with Crippen LogP contribution in [0, 0.1) is 29.6 Å². The Bertz CT molecular complexity index is 1250. The van der Waals surface area contributed by atoms with E-state index in [2.05, 4.69) is 20.4 Å². The van der Waals surface area contributed by atoms with E-state index in [1.54, 1.807) is 37.6 Å². The van der Waals surface area contributed by atoms with Gasteiger partial charge in [0.15, 0.2) is 0 Å². The summed E-state index contributed by atoms with van der Waals surface area (Å²) in [7, 11) is -0.542. The third kappa shape index (κ3) is 5.05. The highest BCUT2D eigenvalue weighted by molar-refractivity contribution is 7.89. The van der Waals surface area contributed by atoms with Gasteiger partial charge in [0.1, 0.15) is 5.76 Å². The van der Waals surface area contributed by atoms with Crippen molar-refractivity contribution in [1.29, 1.82) is 0 Å². The topological polar surface area (TPSA) is 76.8 Å². The first-order valence-corrected chi connectivity index (χ1v) is 14.7. The molecular formula is C30H41NO5S. The molecule has 2 aromatic rings. The van der Waals surface area contributed by atoms with Crippen molar-refractivity contribution >= 4 is 16.0 Å². The van der Waals surface area contributed by atoms with Gasteiger partial charge in [0.25, 0.3) is 0 Å². The number of methoxy groups -OCH3 is 1. The molecule has 7 heteroatoms. The van der Waals surface area contributed by atoms with E-state index in [4.69, 9.17) is 9.15 Å². The molecule has 6 nitrogen and oxygen atoms in total. The summed E-state index contributed by atoms with van der Waals surface area (Å²) in [5.74, 6) is 1.12. The first-order valence-electron chi connectivity index (χ1n) is 13.3. The van der Waals surface area contributed by atoms with Crippen LogP contribution in [-0.4, -0.2) is 32.8 Å². The van der Waals surface area contributed by atoms with Crippen molar-refractivity contribution in [2.45, 2.75) is 77.2 Å². The number of esters is 1. The van der Waals surface area contributed by atoms with Crippen LogP contribution in [0.25, 0.3) is 0 Å². The van der Waals surface area contributed by atoms with Crippen LogP contribution in [0.3, 0.4) is 0 Å². The summed E-state index contributed by atoms with van der Waals surface area (Å²) in [5.41, 5.74) is 2.81. The van der Waals surface area contributed by atoms with Gasteiger partial charge in [-0.3, -0.25) is 4.79 Å². The van der Waals surface area contributed by atoms with Gasteiger partial charge in [-0.2, -0.15) is 4.31 Å². The number of hydrogen-bond donors (Lipinski definition) is 0. The standard InChI is InChI=1S/C30H41NO5S/c1-21-8-12-24(13-9-21)37(33,34)31(5)20-26-23(16-19-36-26)11-14-25-22(2)10-15-27-29(25,3)17-7-18-30(27,4)28(32)35-6/h8-9,12-13,16,19,25,27H,2,7,10-11,14-15,17-18,20H2,1,3-6H3/t25?,27?,29-,30-/m1/s1. The summed E-state index contributed by atoms with van der Waals surface area (Å²) in [4.78, 5) is 13.1. The summed E-state index contributed by atoms with van der Waals surface area (Å²) in [6, 6.07) is 8.85. The highest BCUT2D eigenvalue weighted by Crippen LogP contribution is 2.62. The molecule has 0 aliphatic heterocycles. The fraction of sp³-hybridized carbons (Fsp3) is 0.567. The molecule has 1 aromatic carbocycles. The molecule has 2 saturated carbocycles. The highest BCUT2D eigenvalue weighted by Gasteiger charge is 2.57. The number of sulfonamides is 1. The van der Waals surface area contributed by atoms with E-state index in [0.717, 1.165) is 56.1 Å². The van der Waals surface area contributed by atoms with Crippen LogP contribution in [0.15, 0.2) is 58.1 Å². The summed E-state index contributed by atoms with van der Waals surface area (Å²) >= 11 is 0. The molecule has 37 heavy (non-hydrogen) atoms. The molecule has 202 valence electrons. The van der Waals surface area contributed by atoms with E-state index in [1.807, 2.05) is 13.0 Å². The summed E-state index contributed by atoms with van der Waals surface area (Å²) in [6.07, 6.45) is 8.14. The van der Waals surface area contributed by atoms with Crippen molar-refractivity contribution in [1.82, 2.24) is 4.31 Å². The lowest BCUT2D eigenvalue weighted by Gasteiger charge is -2.57. The van der Waals surface area contributed by atoms with Crippen molar-refractivity contribution in [3.8, 4) is 0 Å². The van der Waals surface area contributed by atoms with Crippen LogP contribution in [0.5, 0.6) is 0 Å². The Morgan fingerprint density at radius 1 is 1.19 bits per heavy atom. The van der Waals surface area contributed by atoms with Crippen LogP contribution >= 0.6 is 0 Å². The third-order valence-electron chi connectivity index (χ3n) is 9.31. The lowest BCUT2D eigenvalue weighted by atomic mass is 9.46. The number of fused-ring (bicyclic) bond motifs is 1. The second-order valence-corrected chi connectivity index (χ2v) is 13.6. The number of allylic oxidation sites excluding steroid dienone is 1. The van der Waals surface area contributed by atoms with Gasteiger partial charge in [-0.05, 0) is 93.4 Å². The first kappa shape index (κ1) is 27.6. The maximum absolute atomic E-state index is 13.1. The number of benzene rings is 1. The molecule has 0 radical (unpaired) electrons. The van der Waals surface area contributed by atoms with Crippen LogP contribution in [0.4, 0.5) is 0 Å². The van der Waals surface area contributed by atoms with E-state index in [9.17, 15) is 13.2 Å². The molecule has 0 bridgehead atoms. The number of ether oxygens (including phenoxy) is 1. The Balaban J connectivity index is 1.50. The van der Waals surface area contributed by atoms with Crippen LogP contribution < -0.4 is 0 Å². The van der Waals surface area contributed by atoms with E-state index in [1.165, 1.54) is 17.0 Å². The van der Waals surface area contributed by atoms with Gasteiger partial charge in [0, 0.05) is 7.05 Å². The Labute approximate surface area is 222 Å². The molecule has 0 amide bonds. The summed E-state index contributed by atoms with van der Waals surface area (Å²) in [5, 5.41) is 0. The average Bonchev–Trinajstić information content (AvgIpc) is 3.29. The molecule has 2 fully saturated rings. The molecular weight excluding hydrogens is 486 g/mol. The fourth-order valence-electron chi connectivity index (χ4n) is 7.17. The van der Waals surface area contributed by atoms with Crippen molar-refractivity contribution < 1.29 is 22.4 Å². The number of rotatable bonds is 8. The number of carbonyl (C=O) groups excluding carboxylic acids is 1. The molecule has 2 unspecified atom stereocenters. The molecule has 2 aliphatic rings. The van der Waals surface area contributed by atoms with Gasteiger partial charge in [-0.25, -0.2) is 8.42 Å². The van der Waals surface area contributed by atoms with E-state index in [-0.39, 0.29) is 34.7 Å². The van der Waals surface area contributed by atoms with Crippen molar-refractivity contribution in [2.75, 3.05) is 14.2 Å². The normalized spacial score (nSPS) is 28.2. The second kappa shape index (κ2) is 10.4. The van der Waals surface area contributed by atoms with Crippen LogP contribution in [0.1, 0.15) is 69.3 Å². The molecule has 0 spiro atoms. The molecule has 1 heterocycles. The van der Waals surface area contributed by atoms with Gasteiger partial charge in [-0.1, -0.05) is 43.2 Å². The van der Waals surface area contributed by atoms with Gasteiger partial charge in [0.05, 0.1) is 30.2 Å². The summed E-state index contributed by atoms with van der Waals surface area (Å²) < 4.78 is 38.6. The molecule has 0 saturated heterocycles. The smallest absolute Gasteiger partial charge is 0.311 e. The predicted molar refractivity (Wildman–Crippen MR) is 144 cm³/mol. The number of nitrogens with zero attached hydrogens (tertiary/aromatic N) is 1. The maximum Gasteiger partial charge on any atom is 0.311 e. The maximum atomic E-state index is 13.1. The third-order valence-corrected chi connectivity index (χ3v) is 11.1. The van der Waals surface area contributed by atoms with Gasteiger partial charge in [0.2, 0.25) is 10.0 Å². The summed E-state index contributed by atoms with van der Waals surface area (Å²) in [6.45, 7) is 11.0.